The molecule has 2 heteroatoms. The lowest BCUT2D eigenvalue weighted by atomic mass is 10.0. The maximum absolute atomic E-state index is 9.91. The lowest BCUT2D eigenvalue weighted by Gasteiger charge is -2.13. The lowest BCUT2D eigenvalue weighted by Crippen LogP contribution is -2.09. The van der Waals surface area contributed by atoms with Crippen LogP contribution < -0.4 is 0 Å². The Morgan fingerprint density at radius 3 is 2.80 bits per heavy atom. The minimum Gasteiger partial charge on any atom is -0.386 e. The van der Waals surface area contributed by atoms with Gasteiger partial charge in [-0.05, 0) is 36.8 Å². The van der Waals surface area contributed by atoms with Crippen LogP contribution in [0.5, 0.6) is 0 Å². The lowest BCUT2D eigenvalue weighted by molar-refractivity contribution is 0.0312. The van der Waals surface area contributed by atoms with Crippen molar-refractivity contribution in [1.29, 1.82) is 0 Å². The summed E-state index contributed by atoms with van der Waals surface area (Å²) in [6, 6.07) is 7.91. The molecule has 0 radical (unpaired) electrons. The van der Waals surface area contributed by atoms with Gasteiger partial charge in [0.05, 0.1) is 6.61 Å². The fourth-order valence-corrected chi connectivity index (χ4v) is 1.68. The zero-order valence-electron chi connectivity index (χ0n) is 9.15. The molecule has 1 aliphatic carbocycles. The van der Waals surface area contributed by atoms with Gasteiger partial charge in [0.15, 0.2) is 0 Å². The maximum atomic E-state index is 9.91. The molecule has 15 heavy (non-hydrogen) atoms. The van der Waals surface area contributed by atoms with E-state index in [-0.39, 0.29) is 0 Å². The Bertz CT molecular complexity index is 318. The fraction of sp³-hybridized carbons (Fsp3) is 0.538. The van der Waals surface area contributed by atoms with Gasteiger partial charge in [-0.25, -0.2) is 0 Å². The summed E-state index contributed by atoms with van der Waals surface area (Å²) in [6.07, 6.45) is 2.10. The summed E-state index contributed by atoms with van der Waals surface area (Å²) in [5, 5.41) is 9.91. The Balaban J connectivity index is 1.83. The minimum atomic E-state index is -0.482. The van der Waals surface area contributed by atoms with E-state index in [0.29, 0.717) is 6.61 Å². The number of aliphatic hydroxyl groups is 1. The van der Waals surface area contributed by atoms with Gasteiger partial charge in [0.25, 0.3) is 0 Å². The van der Waals surface area contributed by atoms with E-state index in [9.17, 15) is 5.11 Å². The molecule has 1 fully saturated rings. The summed E-state index contributed by atoms with van der Waals surface area (Å²) in [7, 11) is 0. The molecule has 0 aromatic heterocycles. The Morgan fingerprint density at radius 2 is 2.13 bits per heavy atom. The molecule has 1 aromatic rings. The van der Waals surface area contributed by atoms with Gasteiger partial charge < -0.3 is 9.84 Å². The first kappa shape index (κ1) is 10.7. The molecule has 1 N–H and O–H groups in total. The van der Waals surface area contributed by atoms with Crippen LogP contribution in [-0.4, -0.2) is 18.3 Å². The highest BCUT2D eigenvalue weighted by Crippen LogP contribution is 2.29. The Labute approximate surface area is 90.9 Å². The van der Waals surface area contributed by atoms with Crippen LogP contribution in [0.4, 0.5) is 0 Å². The van der Waals surface area contributed by atoms with Crippen molar-refractivity contribution in [2.75, 3.05) is 13.2 Å². The second-order valence-corrected chi connectivity index (χ2v) is 4.35. The predicted molar refractivity (Wildman–Crippen MR) is 59.7 cm³/mol. The van der Waals surface area contributed by atoms with E-state index >= 15 is 0 Å². The summed E-state index contributed by atoms with van der Waals surface area (Å²) in [4.78, 5) is 0. The first-order valence-corrected chi connectivity index (χ1v) is 5.58. The Morgan fingerprint density at radius 1 is 1.40 bits per heavy atom. The first-order chi connectivity index (χ1) is 7.27. The molecule has 82 valence electrons. The van der Waals surface area contributed by atoms with Gasteiger partial charge in [-0.1, -0.05) is 24.3 Å². The monoisotopic (exact) mass is 206 g/mol. The van der Waals surface area contributed by atoms with E-state index in [1.807, 2.05) is 31.2 Å². The molecule has 1 aliphatic rings. The van der Waals surface area contributed by atoms with Crippen molar-refractivity contribution < 1.29 is 9.84 Å². The van der Waals surface area contributed by atoms with Crippen molar-refractivity contribution in [3.05, 3.63) is 35.4 Å². The molecule has 1 unspecified atom stereocenters. The second-order valence-electron chi connectivity index (χ2n) is 4.35. The Kier molecular flexibility index (Phi) is 3.39. The minimum absolute atomic E-state index is 0.418. The molecule has 0 heterocycles. The largest absolute Gasteiger partial charge is 0.386 e. The number of ether oxygens (including phenoxy) is 1. The zero-order valence-corrected chi connectivity index (χ0v) is 9.15. The molecule has 1 atom stereocenters. The topological polar surface area (TPSA) is 29.5 Å². The van der Waals surface area contributed by atoms with E-state index in [0.717, 1.165) is 23.7 Å². The van der Waals surface area contributed by atoms with Crippen LogP contribution >= 0.6 is 0 Å². The van der Waals surface area contributed by atoms with E-state index in [2.05, 4.69) is 0 Å². The van der Waals surface area contributed by atoms with Gasteiger partial charge >= 0.3 is 0 Å². The van der Waals surface area contributed by atoms with Gasteiger partial charge in [0.1, 0.15) is 6.10 Å². The zero-order chi connectivity index (χ0) is 10.7. The Hall–Kier alpha value is -0.860. The van der Waals surface area contributed by atoms with Crippen LogP contribution in [0, 0.1) is 12.8 Å². The molecule has 0 saturated heterocycles. The van der Waals surface area contributed by atoms with Gasteiger partial charge in [0, 0.05) is 6.61 Å². The summed E-state index contributed by atoms with van der Waals surface area (Å²) in [5.41, 5.74) is 2.10. The van der Waals surface area contributed by atoms with E-state index in [1.54, 1.807) is 0 Å². The van der Waals surface area contributed by atoms with E-state index in [1.165, 1.54) is 12.8 Å². The summed E-state index contributed by atoms with van der Waals surface area (Å²) < 4.78 is 5.48. The maximum Gasteiger partial charge on any atom is 0.103 e. The number of hydrogen-bond donors (Lipinski definition) is 1. The quantitative estimate of drug-likeness (QED) is 0.802. The number of benzene rings is 1. The van der Waals surface area contributed by atoms with Crippen LogP contribution in [0.3, 0.4) is 0 Å². The molecular formula is C13H18O2. The van der Waals surface area contributed by atoms with Crippen molar-refractivity contribution in [1.82, 2.24) is 0 Å². The van der Waals surface area contributed by atoms with Crippen LogP contribution in [0.1, 0.15) is 30.1 Å². The molecular weight excluding hydrogens is 188 g/mol. The van der Waals surface area contributed by atoms with Crippen molar-refractivity contribution >= 4 is 0 Å². The second kappa shape index (κ2) is 4.77. The third kappa shape index (κ3) is 3.05. The van der Waals surface area contributed by atoms with Crippen molar-refractivity contribution in [3.8, 4) is 0 Å². The number of rotatable bonds is 5. The number of hydrogen-bond acceptors (Lipinski definition) is 2. The molecule has 0 bridgehead atoms. The molecule has 2 nitrogen and oxygen atoms in total. The third-order valence-electron chi connectivity index (χ3n) is 2.87. The summed E-state index contributed by atoms with van der Waals surface area (Å²) in [5.74, 6) is 0.758. The highest BCUT2D eigenvalue weighted by molar-refractivity contribution is 5.27. The molecule has 0 spiro atoms. The smallest absolute Gasteiger partial charge is 0.103 e. The van der Waals surface area contributed by atoms with Crippen LogP contribution in [0.2, 0.25) is 0 Å². The normalized spacial score (nSPS) is 17.7. The van der Waals surface area contributed by atoms with Gasteiger partial charge in [-0.3, -0.25) is 0 Å². The van der Waals surface area contributed by atoms with E-state index in [4.69, 9.17) is 4.74 Å². The standard InChI is InChI=1S/C13H18O2/c1-10-4-2-3-5-12(10)13(14)9-15-8-11-6-7-11/h2-5,11,13-14H,6-9H2,1H3. The SMILES string of the molecule is Cc1ccccc1C(O)COCC1CC1. The van der Waals surface area contributed by atoms with Crippen molar-refractivity contribution in [2.24, 2.45) is 5.92 Å². The fourth-order valence-electron chi connectivity index (χ4n) is 1.68. The first-order valence-electron chi connectivity index (χ1n) is 5.58. The molecule has 1 aromatic carbocycles. The third-order valence-corrected chi connectivity index (χ3v) is 2.87. The van der Waals surface area contributed by atoms with Crippen LogP contribution in [0.15, 0.2) is 24.3 Å². The molecule has 2 rings (SSSR count). The summed E-state index contributed by atoms with van der Waals surface area (Å²) in [6.45, 7) is 3.24. The molecule has 1 saturated carbocycles. The van der Waals surface area contributed by atoms with Crippen molar-refractivity contribution in [2.45, 2.75) is 25.9 Å². The van der Waals surface area contributed by atoms with Gasteiger partial charge in [0.2, 0.25) is 0 Å². The predicted octanol–water partition coefficient (Wildman–Crippen LogP) is 2.46. The van der Waals surface area contributed by atoms with Gasteiger partial charge in [-0.15, -0.1) is 0 Å². The van der Waals surface area contributed by atoms with Crippen molar-refractivity contribution in [3.63, 3.8) is 0 Å². The van der Waals surface area contributed by atoms with E-state index < -0.39 is 6.10 Å². The molecule has 0 aliphatic heterocycles. The summed E-state index contributed by atoms with van der Waals surface area (Å²) >= 11 is 0. The average Bonchev–Trinajstić information content (AvgIpc) is 3.02. The average molecular weight is 206 g/mol. The van der Waals surface area contributed by atoms with Crippen LogP contribution in [0.25, 0.3) is 0 Å². The number of aryl methyl sites for hydroxylation is 1. The molecule has 0 amide bonds. The number of aliphatic hydroxyl groups excluding tert-OH is 1. The van der Waals surface area contributed by atoms with Gasteiger partial charge in [-0.2, -0.15) is 0 Å². The highest BCUT2D eigenvalue weighted by atomic mass is 16.5. The van der Waals surface area contributed by atoms with Crippen LogP contribution in [-0.2, 0) is 4.74 Å². The highest BCUT2D eigenvalue weighted by Gasteiger charge is 2.21.